The first-order valence-corrected chi connectivity index (χ1v) is 5.38. The van der Waals surface area contributed by atoms with E-state index in [0.29, 0.717) is 13.0 Å². The molecule has 0 saturated carbocycles. The monoisotopic (exact) mass is 233 g/mol. The molecule has 0 amide bonds. The minimum atomic E-state index is 0.508. The molecule has 0 aliphatic heterocycles. The molecule has 0 unspecified atom stereocenters. The maximum atomic E-state index is 5.53. The second-order valence-corrected chi connectivity index (χ2v) is 3.72. The van der Waals surface area contributed by atoms with Crippen molar-refractivity contribution in [3.05, 3.63) is 29.6 Å². The molecule has 2 rings (SSSR count). The van der Waals surface area contributed by atoms with Crippen molar-refractivity contribution in [2.24, 2.45) is 5.73 Å². The fourth-order valence-electron chi connectivity index (χ4n) is 1.64. The first kappa shape index (κ1) is 11.5. The van der Waals surface area contributed by atoms with E-state index in [4.69, 9.17) is 10.5 Å². The largest absolute Gasteiger partial charge is 0.494 e. The summed E-state index contributed by atoms with van der Waals surface area (Å²) in [4.78, 5) is 0. The summed E-state index contributed by atoms with van der Waals surface area (Å²) in [6, 6.07) is 5.86. The van der Waals surface area contributed by atoms with E-state index in [2.05, 4.69) is 15.5 Å². The zero-order valence-electron chi connectivity index (χ0n) is 9.92. The molecule has 0 aliphatic carbocycles. The zero-order chi connectivity index (χ0) is 12.3. The topological polar surface area (TPSA) is 78.8 Å². The zero-order valence-corrected chi connectivity index (χ0v) is 9.92. The number of aryl methyl sites for hydroxylation is 1. The van der Waals surface area contributed by atoms with E-state index >= 15 is 0 Å². The lowest BCUT2D eigenvalue weighted by molar-refractivity contribution is 0.411. The Bertz CT molecular complexity index is 508. The Morgan fingerprint density at radius 2 is 2.24 bits per heavy atom. The van der Waals surface area contributed by atoms with Crippen LogP contribution in [-0.4, -0.2) is 33.9 Å². The molecule has 90 valence electrons. The number of benzene rings is 1. The molecule has 1 heterocycles. The van der Waals surface area contributed by atoms with Crippen molar-refractivity contribution in [3.63, 3.8) is 0 Å². The molecular weight excluding hydrogens is 218 g/mol. The van der Waals surface area contributed by atoms with Crippen LogP contribution < -0.4 is 10.5 Å². The average molecular weight is 233 g/mol. The summed E-state index contributed by atoms with van der Waals surface area (Å²) in [6.07, 6.45) is 0.629. The van der Waals surface area contributed by atoms with E-state index in [1.165, 1.54) is 0 Å². The van der Waals surface area contributed by atoms with Crippen molar-refractivity contribution in [2.75, 3.05) is 13.7 Å². The minimum Gasteiger partial charge on any atom is -0.494 e. The molecule has 1 aromatic heterocycles. The van der Waals surface area contributed by atoms with Gasteiger partial charge in [-0.1, -0.05) is 6.07 Å². The highest BCUT2D eigenvalue weighted by Gasteiger charge is 2.12. The van der Waals surface area contributed by atoms with Gasteiger partial charge in [0.05, 0.1) is 7.11 Å². The third kappa shape index (κ3) is 2.26. The standard InChI is InChI=1S/C11H15N5O/c1-8-3-4-10(17-2)9(7-8)16-11(5-6-12)13-14-15-16/h3-4,7H,5-6,12H2,1-2H3. The lowest BCUT2D eigenvalue weighted by atomic mass is 10.2. The Kier molecular flexibility index (Phi) is 3.34. The highest BCUT2D eigenvalue weighted by Crippen LogP contribution is 2.23. The van der Waals surface area contributed by atoms with Crippen LogP contribution in [0.2, 0.25) is 0 Å². The Balaban J connectivity index is 2.51. The molecule has 0 atom stereocenters. The summed E-state index contributed by atoms with van der Waals surface area (Å²) in [5, 5.41) is 11.6. The quantitative estimate of drug-likeness (QED) is 0.831. The van der Waals surface area contributed by atoms with E-state index in [1.807, 2.05) is 25.1 Å². The van der Waals surface area contributed by atoms with E-state index < -0.39 is 0 Å². The Hall–Kier alpha value is -1.95. The van der Waals surface area contributed by atoms with Gasteiger partial charge in [0.25, 0.3) is 0 Å². The highest BCUT2D eigenvalue weighted by atomic mass is 16.5. The molecular formula is C11H15N5O. The van der Waals surface area contributed by atoms with Gasteiger partial charge < -0.3 is 10.5 Å². The number of hydrogen-bond acceptors (Lipinski definition) is 5. The molecule has 0 spiro atoms. The first-order valence-electron chi connectivity index (χ1n) is 5.38. The van der Waals surface area contributed by atoms with E-state index in [9.17, 15) is 0 Å². The van der Waals surface area contributed by atoms with Gasteiger partial charge in [0, 0.05) is 6.42 Å². The summed E-state index contributed by atoms with van der Waals surface area (Å²) in [7, 11) is 1.63. The third-order valence-corrected chi connectivity index (χ3v) is 2.46. The van der Waals surface area contributed by atoms with Crippen molar-refractivity contribution in [2.45, 2.75) is 13.3 Å². The first-order chi connectivity index (χ1) is 8.26. The Morgan fingerprint density at radius 1 is 1.41 bits per heavy atom. The SMILES string of the molecule is COc1ccc(C)cc1-n1nnnc1CCN. The van der Waals surface area contributed by atoms with Gasteiger partial charge in [-0.05, 0) is 41.6 Å². The summed E-state index contributed by atoms with van der Waals surface area (Å²) >= 11 is 0. The smallest absolute Gasteiger partial charge is 0.158 e. The number of tetrazole rings is 1. The lowest BCUT2D eigenvalue weighted by Crippen LogP contribution is -2.10. The minimum absolute atomic E-state index is 0.508. The predicted octanol–water partition coefficient (Wildman–Crippen LogP) is 0.481. The Labute approximate surface area is 99.4 Å². The number of nitrogens with zero attached hydrogens (tertiary/aromatic N) is 4. The van der Waals surface area contributed by atoms with Crippen LogP contribution in [0, 0.1) is 6.92 Å². The van der Waals surface area contributed by atoms with Crippen molar-refractivity contribution in [1.29, 1.82) is 0 Å². The van der Waals surface area contributed by atoms with Gasteiger partial charge in [-0.3, -0.25) is 0 Å². The fourth-order valence-corrected chi connectivity index (χ4v) is 1.64. The van der Waals surface area contributed by atoms with Crippen molar-refractivity contribution < 1.29 is 4.74 Å². The number of aromatic nitrogens is 4. The van der Waals surface area contributed by atoms with Crippen LogP contribution in [0.4, 0.5) is 0 Å². The number of ether oxygens (including phenoxy) is 1. The lowest BCUT2D eigenvalue weighted by Gasteiger charge is -2.10. The molecule has 2 N–H and O–H groups in total. The molecule has 0 radical (unpaired) electrons. The van der Waals surface area contributed by atoms with Gasteiger partial charge in [-0.15, -0.1) is 5.10 Å². The molecule has 2 aromatic rings. The van der Waals surface area contributed by atoms with E-state index in [1.54, 1.807) is 11.8 Å². The molecule has 6 nitrogen and oxygen atoms in total. The number of hydrogen-bond donors (Lipinski definition) is 1. The molecule has 17 heavy (non-hydrogen) atoms. The molecule has 1 aromatic carbocycles. The van der Waals surface area contributed by atoms with Crippen LogP contribution in [0.1, 0.15) is 11.4 Å². The maximum absolute atomic E-state index is 5.53. The molecule has 0 fully saturated rings. The van der Waals surface area contributed by atoms with Crippen LogP contribution >= 0.6 is 0 Å². The molecule has 0 bridgehead atoms. The van der Waals surface area contributed by atoms with Gasteiger partial charge in [0.2, 0.25) is 0 Å². The van der Waals surface area contributed by atoms with Gasteiger partial charge in [-0.25, -0.2) is 0 Å². The van der Waals surface area contributed by atoms with Crippen LogP contribution in [0.5, 0.6) is 5.75 Å². The van der Waals surface area contributed by atoms with Gasteiger partial charge in [0.15, 0.2) is 5.82 Å². The maximum Gasteiger partial charge on any atom is 0.158 e. The second kappa shape index (κ2) is 4.92. The number of rotatable bonds is 4. The van der Waals surface area contributed by atoms with Crippen molar-refractivity contribution in [1.82, 2.24) is 20.2 Å². The number of nitrogens with two attached hydrogens (primary N) is 1. The fraction of sp³-hybridized carbons (Fsp3) is 0.364. The molecule has 0 aliphatic rings. The van der Waals surface area contributed by atoms with Crippen LogP contribution in [0.3, 0.4) is 0 Å². The van der Waals surface area contributed by atoms with Gasteiger partial charge in [-0.2, -0.15) is 4.68 Å². The van der Waals surface area contributed by atoms with Crippen LogP contribution in [0.25, 0.3) is 5.69 Å². The third-order valence-electron chi connectivity index (χ3n) is 2.46. The average Bonchev–Trinajstić information content (AvgIpc) is 2.77. The van der Waals surface area contributed by atoms with Crippen LogP contribution in [0.15, 0.2) is 18.2 Å². The predicted molar refractivity (Wildman–Crippen MR) is 63.2 cm³/mol. The summed E-state index contributed by atoms with van der Waals surface area (Å²) < 4.78 is 6.97. The van der Waals surface area contributed by atoms with Crippen molar-refractivity contribution in [3.8, 4) is 11.4 Å². The summed E-state index contributed by atoms with van der Waals surface area (Å²) in [5.41, 5.74) is 7.48. The van der Waals surface area contributed by atoms with Gasteiger partial charge in [0.1, 0.15) is 11.4 Å². The molecule has 0 saturated heterocycles. The highest BCUT2D eigenvalue weighted by molar-refractivity contribution is 5.48. The van der Waals surface area contributed by atoms with Gasteiger partial charge >= 0.3 is 0 Å². The summed E-state index contributed by atoms with van der Waals surface area (Å²) in [6.45, 7) is 2.52. The van der Waals surface area contributed by atoms with Crippen molar-refractivity contribution >= 4 is 0 Å². The number of methoxy groups -OCH3 is 1. The van der Waals surface area contributed by atoms with E-state index in [0.717, 1.165) is 22.8 Å². The molecule has 6 heteroatoms. The van der Waals surface area contributed by atoms with Crippen LogP contribution in [-0.2, 0) is 6.42 Å². The summed E-state index contributed by atoms with van der Waals surface area (Å²) in [5.74, 6) is 1.47. The normalized spacial score (nSPS) is 10.5. The Morgan fingerprint density at radius 3 is 2.94 bits per heavy atom. The van der Waals surface area contributed by atoms with E-state index in [-0.39, 0.29) is 0 Å². The second-order valence-electron chi connectivity index (χ2n) is 3.72.